The Balaban J connectivity index is 1.70. The lowest BCUT2D eigenvalue weighted by atomic mass is 10.0. The lowest BCUT2D eigenvalue weighted by molar-refractivity contribution is 0.0914. The topological polar surface area (TPSA) is 60.4 Å². The lowest BCUT2D eigenvalue weighted by Gasteiger charge is -2.36. The zero-order valence-electron chi connectivity index (χ0n) is 17.6. The van der Waals surface area contributed by atoms with Crippen molar-refractivity contribution in [1.82, 2.24) is 20.0 Å². The van der Waals surface area contributed by atoms with Gasteiger partial charge in [-0.3, -0.25) is 4.99 Å². The molecule has 7 heteroatoms. The molecule has 2 fully saturated rings. The number of hydrogen-bond acceptors (Lipinski definition) is 4. The van der Waals surface area contributed by atoms with Crippen LogP contribution < -0.4 is 5.32 Å². The van der Waals surface area contributed by atoms with E-state index >= 15 is 0 Å². The molecule has 1 atom stereocenters. The summed E-state index contributed by atoms with van der Waals surface area (Å²) in [5.41, 5.74) is 0. The van der Waals surface area contributed by atoms with E-state index in [9.17, 15) is 4.79 Å². The number of carbonyl (C=O) groups excluding carboxylic acids is 1. The van der Waals surface area contributed by atoms with Gasteiger partial charge in [0.25, 0.3) is 0 Å². The molecule has 0 aliphatic carbocycles. The van der Waals surface area contributed by atoms with Crippen LogP contribution in [-0.2, 0) is 4.74 Å². The predicted molar refractivity (Wildman–Crippen MR) is 110 cm³/mol. The summed E-state index contributed by atoms with van der Waals surface area (Å²) in [7, 11) is 0. The lowest BCUT2D eigenvalue weighted by Crippen LogP contribution is -2.53. The monoisotopic (exact) mass is 381 g/mol. The molecule has 0 aromatic rings. The number of carbonyl (C=O) groups is 1. The molecule has 0 radical (unpaired) electrons. The second-order valence-electron chi connectivity index (χ2n) is 7.66. The summed E-state index contributed by atoms with van der Waals surface area (Å²) in [4.78, 5) is 23.3. The minimum absolute atomic E-state index is 0.203. The number of nitrogens with zero attached hydrogens (tertiary/aromatic N) is 4. The van der Waals surface area contributed by atoms with Crippen molar-refractivity contribution in [2.75, 3.05) is 65.5 Å². The van der Waals surface area contributed by atoms with Gasteiger partial charge in [0.1, 0.15) is 0 Å². The van der Waals surface area contributed by atoms with Gasteiger partial charge in [-0.05, 0) is 58.5 Å². The quantitative estimate of drug-likeness (QED) is 0.416. The fraction of sp³-hybridized carbons (Fsp3) is 0.900. The summed E-state index contributed by atoms with van der Waals surface area (Å²) in [6.45, 7) is 15.2. The van der Waals surface area contributed by atoms with Crippen LogP contribution in [0.3, 0.4) is 0 Å². The normalized spacial score (nSPS) is 22.0. The first kappa shape index (κ1) is 21.8. The van der Waals surface area contributed by atoms with Crippen molar-refractivity contribution in [3.05, 3.63) is 0 Å². The SMILES string of the molecule is CCNC(=NCCCCN1CCCC(C)C1)N1CCN(C(=O)OCC)CC1. The van der Waals surface area contributed by atoms with Gasteiger partial charge in [0, 0.05) is 45.8 Å². The van der Waals surface area contributed by atoms with Crippen LogP contribution in [0.4, 0.5) is 4.79 Å². The standard InChI is InChI=1S/C20H39N5O2/c1-4-21-19(24-13-15-25(16-14-24)20(26)27-5-2)22-10-6-7-11-23-12-8-9-18(3)17-23/h18H,4-17H2,1-3H3,(H,21,22). The minimum Gasteiger partial charge on any atom is -0.450 e. The summed E-state index contributed by atoms with van der Waals surface area (Å²) in [6, 6.07) is 0. The largest absolute Gasteiger partial charge is 0.450 e. The molecule has 1 unspecified atom stereocenters. The van der Waals surface area contributed by atoms with Gasteiger partial charge >= 0.3 is 6.09 Å². The van der Waals surface area contributed by atoms with Crippen molar-refractivity contribution in [3.63, 3.8) is 0 Å². The third-order valence-electron chi connectivity index (χ3n) is 5.33. The van der Waals surface area contributed by atoms with Crippen LogP contribution in [0.25, 0.3) is 0 Å². The van der Waals surface area contributed by atoms with Crippen LogP contribution in [0, 0.1) is 5.92 Å². The molecule has 2 rings (SSSR count). The molecule has 0 aromatic carbocycles. The summed E-state index contributed by atoms with van der Waals surface area (Å²) in [6.07, 6.45) is 4.87. The number of aliphatic imine (C=N–C) groups is 1. The van der Waals surface area contributed by atoms with Gasteiger partial charge < -0.3 is 24.8 Å². The number of rotatable bonds is 7. The van der Waals surface area contributed by atoms with E-state index in [2.05, 4.69) is 29.0 Å². The van der Waals surface area contributed by atoms with Gasteiger partial charge in [-0.25, -0.2) is 4.79 Å². The number of amides is 1. The Morgan fingerprint density at radius 3 is 2.52 bits per heavy atom. The molecule has 27 heavy (non-hydrogen) atoms. The second kappa shape index (κ2) is 12.1. The van der Waals surface area contributed by atoms with Crippen LogP contribution in [0.5, 0.6) is 0 Å². The Kier molecular flexibility index (Phi) is 9.73. The van der Waals surface area contributed by atoms with Crippen molar-refractivity contribution in [2.45, 2.75) is 46.5 Å². The Morgan fingerprint density at radius 1 is 1.11 bits per heavy atom. The smallest absolute Gasteiger partial charge is 0.409 e. The van der Waals surface area contributed by atoms with Crippen LogP contribution in [0.1, 0.15) is 46.5 Å². The fourth-order valence-corrected chi connectivity index (χ4v) is 3.86. The number of piperazine rings is 1. The highest BCUT2D eigenvalue weighted by Gasteiger charge is 2.23. The molecule has 0 saturated carbocycles. The molecule has 7 nitrogen and oxygen atoms in total. The predicted octanol–water partition coefficient (Wildman–Crippen LogP) is 2.24. The summed E-state index contributed by atoms with van der Waals surface area (Å²) in [5.74, 6) is 1.83. The van der Waals surface area contributed by atoms with E-state index in [1.54, 1.807) is 4.90 Å². The van der Waals surface area contributed by atoms with E-state index in [0.717, 1.165) is 44.5 Å². The molecule has 0 spiro atoms. The third kappa shape index (κ3) is 7.56. The molecule has 2 heterocycles. The first-order valence-electron chi connectivity index (χ1n) is 10.8. The molecular formula is C20H39N5O2. The average Bonchev–Trinajstić information content (AvgIpc) is 2.67. The Bertz CT molecular complexity index is 463. The number of nitrogens with one attached hydrogen (secondary N) is 1. The third-order valence-corrected chi connectivity index (χ3v) is 5.33. The molecule has 0 bridgehead atoms. The molecule has 1 N–H and O–H groups in total. The molecule has 1 amide bonds. The highest BCUT2D eigenvalue weighted by atomic mass is 16.6. The number of likely N-dealkylation sites (tertiary alicyclic amines) is 1. The zero-order valence-corrected chi connectivity index (χ0v) is 17.6. The fourth-order valence-electron chi connectivity index (χ4n) is 3.86. The van der Waals surface area contributed by atoms with E-state index in [-0.39, 0.29) is 6.09 Å². The molecule has 2 aliphatic heterocycles. The molecule has 2 saturated heterocycles. The summed E-state index contributed by atoms with van der Waals surface area (Å²) >= 11 is 0. The van der Waals surface area contributed by atoms with E-state index < -0.39 is 0 Å². The van der Waals surface area contributed by atoms with Crippen LogP contribution in [-0.4, -0.2) is 92.3 Å². The first-order valence-corrected chi connectivity index (χ1v) is 10.8. The van der Waals surface area contributed by atoms with E-state index in [4.69, 9.17) is 9.73 Å². The van der Waals surface area contributed by atoms with Crippen molar-refractivity contribution >= 4 is 12.1 Å². The number of guanidine groups is 1. The van der Waals surface area contributed by atoms with E-state index in [1.807, 2.05) is 6.92 Å². The maximum Gasteiger partial charge on any atom is 0.409 e. The minimum atomic E-state index is -0.203. The van der Waals surface area contributed by atoms with Crippen molar-refractivity contribution < 1.29 is 9.53 Å². The molecule has 156 valence electrons. The van der Waals surface area contributed by atoms with Gasteiger partial charge in [-0.1, -0.05) is 6.92 Å². The highest BCUT2D eigenvalue weighted by molar-refractivity contribution is 5.80. The van der Waals surface area contributed by atoms with Gasteiger partial charge in [0.2, 0.25) is 0 Å². The number of piperidine rings is 1. The number of hydrogen-bond donors (Lipinski definition) is 1. The van der Waals surface area contributed by atoms with E-state index in [1.165, 1.54) is 38.9 Å². The maximum absolute atomic E-state index is 11.8. The maximum atomic E-state index is 11.8. The molecule has 2 aliphatic rings. The second-order valence-corrected chi connectivity index (χ2v) is 7.66. The number of unbranched alkanes of at least 4 members (excludes halogenated alkanes) is 1. The van der Waals surface area contributed by atoms with Crippen LogP contribution in [0.2, 0.25) is 0 Å². The molecular weight excluding hydrogens is 342 g/mol. The Labute approximate surface area is 165 Å². The Morgan fingerprint density at radius 2 is 1.85 bits per heavy atom. The first-order chi connectivity index (χ1) is 13.1. The summed E-state index contributed by atoms with van der Waals surface area (Å²) in [5, 5.41) is 3.40. The van der Waals surface area contributed by atoms with Crippen molar-refractivity contribution in [2.24, 2.45) is 10.9 Å². The average molecular weight is 382 g/mol. The zero-order chi connectivity index (χ0) is 19.5. The molecule has 0 aromatic heterocycles. The van der Waals surface area contributed by atoms with E-state index in [0.29, 0.717) is 19.7 Å². The Hall–Kier alpha value is -1.50. The van der Waals surface area contributed by atoms with Gasteiger partial charge in [0.05, 0.1) is 6.61 Å². The van der Waals surface area contributed by atoms with Crippen LogP contribution >= 0.6 is 0 Å². The van der Waals surface area contributed by atoms with Crippen molar-refractivity contribution in [3.8, 4) is 0 Å². The van der Waals surface area contributed by atoms with Crippen LogP contribution in [0.15, 0.2) is 4.99 Å². The number of ether oxygens (including phenoxy) is 1. The van der Waals surface area contributed by atoms with Gasteiger partial charge in [-0.15, -0.1) is 0 Å². The highest BCUT2D eigenvalue weighted by Crippen LogP contribution is 2.15. The van der Waals surface area contributed by atoms with Gasteiger partial charge in [-0.2, -0.15) is 0 Å². The summed E-state index contributed by atoms with van der Waals surface area (Å²) < 4.78 is 5.09. The van der Waals surface area contributed by atoms with Crippen molar-refractivity contribution in [1.29, 1.82) is 0 Å². The van der Waals surface area contributed by atoms with Gasteiger partial charge in [0.15, 0.2) is 5.96 Å².